The Hall–Kier alpha value is -0.570. The summed E-state index contributed by atoms with van der Waals surface area (Å²) in [4.78, 5) is 5.34. The monoisotopic (exact) mass is 299 g/mol. The van der Waals surface area contributed by atoms with Gasteiger partial charge < -0.3 is 0 Å². The summed E-state index contributed by atoms with van der Waals surface area (Å²) in [5, 5.41) is 0. The van der Waals surface area contributed by atoms with E-state index in [2.05, 4.69) is 36.2 Å². The summed E-state index contributed by atoms with van der Waals surface area (Å²) in [6, 6.07) is 8.43. The molecule has 0 unspecified atom stereocenters. The van der Waals surface area contributed by atoms with Crippen LogP contribution < -0.4 is 0 Å². The van der Waals surface area contributed by atoms with Crippen LogP contribution in [-0.4, -0.2) is 16.7 Å². The van der Waals surface area contributed by atoms with Crippen LogP contribution >= 0.6 is 34.5 Å². The number of rotatable bonds is 5. The molecule has 1 nitrogen and oxygen atoms in total. The number of aromatic nitrogens is 1. The van der Waals surface area contributed by atoms with Gasteiger partial charge in [-0.3, -0.25) is 4.98 Å². The summed E-state index contributed by atoms with van der Waals surface area (Å²) in [6.45, 7) is 2.09. The first-order valence-electron chi connectivity index (χ1n) is 5.77. The largest absolute Gasteiger partial charge is 0.253 e. The van der Waals surface area contributed by atoms with Crippen molar-refractivity contribution in [1.29, 1.82) is 0 Å². The van der Waals surface area contributed by atoms with Gasteiger partial charge in [0.05, 0.1) is 5.51 Å². The molecular weight excluding hydrogens is 285 g/mol. The minimum atomic E-state index is -0.207. The van der Waals surface area contributed by atoms with Crippen LogP contribution in [0.4, 0.5) is 0 Å². The van der Waals surface area contributed by atoms with E-state index in [0.29, 0.717) is 11.8 Å². The Labute approximate surface area is 122 Å². The first-order valence-corrected chi connectivity index (χ1v) is 7.71. The van der Waals surface area contributed by atoms with Crippen molar-refractivity contribution in [3.8, 4) is 0 Å². The molecule has 0 aliphatic heterocycles. The Balaban J connectivity index is 2.37. The predicted octanol–water partition coefficient (Wildman–Crippen LogP) is 4.41. The molecule has 18 heavy (non-hydrogen) atoms. The van der Waals surface area contributed by atoms with Gasteiger partial charge in [-0.15, -0.1) is 34.5 Å². The summed E-state index contributed by atoms with van der Waals surface area (Å²) < 4.78 is 0. The molecule has 0 N–H and O–H groups in total. The van der Waals surface area contributed by atoms with E-state index in [1.54, 1.807) is 11.3 Å². The van der Waals surface area contributed by atoms with Gasteiger partial charge in [0.2, 0.25) is 0 Å². The normalized spacial score (nSPS) is 11.7. The Morgan fingerprint density at radius 2 is 2.06 bits per heavy atom. The van der Waals surface area contributed by atoms with Crippen molar-refractivity contribution >= 4 is 34.5 Å². The highest BCUT2D eigenvalue weighted by molar-refractivity contribution is 7.09. The van der Waals surface area contributed by atoms with Crippen LogP contribution in [-0.2, 0) is 11.8 Å². The summed E-state index contributed by atoms with van der Waals surface area (Å²) in [7, 11) is 0. The lowest BCUT2D eigenvalue weighted by atomic mass is 9.80. The first-order chi connectivity index (χ1) is 8.70. The third kappa shape index (κ3) is 2.87. The van der Waals surface area contributed by atoms with Gasteiger partial charge >= 0.3 is 0 Å². The summed E-state index contributed by atoms with van der Waals surface area (Å²) in [6.07, 6.45) is 2.74. The maximum absolute atomic E-state index is 6.23. The van der Waals surface area contributed by atoms with Crippen LogP contribution in [0.15, 0.2) is 36.0 Å². The number of nitrogens with zero attached hydrogens (tertiary/aromatic N) is 1. The van der Waals surface area contributed by atoms with Crippen LogP contribution in [0.2, 0.25) is 0 Å². The zero-order chi connectivity index (χ0) is 13.0. The summed E-state index contributed by atoms with van der Waals surface area (Å²) >= 11 is 14.1. The molecular formula is C14H15Cl2NS. The topological polar surface area (TPSA) is 12.9 Å². The third-order valence-electron chi connectivity index (χ3n) is 3.14. The Morgan fingerprint density at radius 1 is 1.28 bits per heavy atom. The highest BCUT2D eigenvalue weighted by Crippen LogP contribution is 2.33. The molecule has 1 aromatic heterocycles. The average Bonchev–Trinajstić information content (AvgIpc) is 2.89. The molecule has 0 amide bonds. The molecule has 0 saturated heterocycles. The van der Waals surface area contributed by atoms with Crippen molar-refractivity contribution in [2.75, 3.05) is 11.8 Å². The number of aryl methyl sites for hydroxylation is 1. The average molecular weight is 300 g/mol. The van der Waals surface area contributed by atoms with Gasteiger partial charge in [-0.2, -0.15) is 0 Å². The second kappa shape index (κ2) is 6.05. The number of alkyl halides is 2. The molecule has 0 radical (unpaired) electrons. The van der Waals surface area contributed by atoms with E-state index in [0.717, 1.165) is 6.42 Å². The van der Waals surface area contributed by atoms with E-state index >= 15 is 0 Å². The van der Waals surface area contributed by atoms with Gasteiger partial charge in [-0.05, 0) is 18.9 Å². The highest BCUT2D eigenvalue weighted by Gasteiger charge is 2.31. The van der Waals surface area contributed by atoms with Crippen molar-refractivity contribution in [3.63, 3.8) is 0 Å². The van der Waals surface area contributed by atoms with Gasteiger partial charge in [0, 0.05) is 28.2 Å². The number of hydrogen-bond donors (Lipinski definition) is 0. The SMILES string of the molecule is Cc1cccc(C(CCl)(CCl)Cc2cncs2)c1. The van der Waals surface area contributed by atoms with Gasteiger partial charge in [-0.1, -0.05) is 29.8 Å². The number of thiazole rings is 1. The van der Waals surface area contributed by atoms with E-state index in [1.165, 1.54) is 16.0 Å². The van der Waals surface area contributed by atoms with Crippen molar-refractivity contribution in [2.24, 2.45) is 0 Å². The first kappa shape index (κ1) is 13.9. The Bertz CT molecular complexity index is 492. The predicted molar refractivity (Wildman–Crippen MR) is 80.1 cm³/mol. The van der Waals surface area contributed by atoms with Crippen LogP contribution in [0.3, 0.4) is 0 Å². The van der Waals surface area contributed by atoms with Gasteiger partial charge in [0.25, 0.3) is 0 Å². The molecule has 0 spiro atoms. The second-order valence-electron chi connectivity index (χ2n) is 4.56. The lowest BCUT2D eigenvalue weighted by Gasteiger charge is -2.30. The maximum atomic E-state index is 6.23. The van der Waals surface area contributed by atoms with Gasteiger partial charge in [0.15, 0.2) is 0 Å². The highest BCUT2D eigenvalue weighted by atomic mass is 35.5. The lowest BCUT2D eigenvalue weighted by molar-refractivity contribution is 0.540. The van der Waals surface area contributed by atoms with Crippen molar-refractivity contribution in [2.45, 2.75) is 18.8 Å². The fourth-order valence-corrected chi connectivity index (χ4v) is 3.55. The Morgan fingerprint density at radius 3 is 2.61 bits per heavy atom. The molecule has 96 valence electrons. The van der Waals surface area contributed by atoms with Gasteiger partial charge in [0.1, 0.15) is 0 Å². The van der Waals surface area contributed by atoms with Crippen molar-refractivity contribution < 1.29 is 0 Å². The third-order valence-corrected chi connectivity index (χ3v) is 4.94. The van der Waals surface area contributed by atoms with E-state index in [9.17, 15) is 0 Å². The second-order valence-corrected chi connectivity index (χ2v) is 6.07. The lowest BCUT2D eigenvalue weighted by Crippen LogP contribution is -2.33. The molecule has 0 saturated carbocycles. The zero-order valence-corrected chi connectivity index (χ0v) is 12.5. The minimum absolute atomic E-state index is 0.207. The molecule has 2 aromatic rings. The van der Waals surface area contributed by atoms with Crippen LogP contribution in [0.5, 0.6) is 0 Å². The van der Waals surface area contributed by atoms with Crippen molar-refractivity contribution in [1.82, 2.24) is 4.98 Å². The number of hydrogen-bond acceptors (Lipinski definition) is 2. The molecule has 0 aliphatic carbocycles. The maximum Gasteiger partial charge on any atom is 0.0794 e. The fourth-order valence-electron chi connectivity index (χ4n) is 2.02. The summed E-state index contributed by atoms with van der Waals surface area (Å²) in [5.41, 5.74) is 4.08. The molecule has 1 heterocycles. The summed E-state index contributed by atoms with van der Waals surface area (Å²) in [5.74, 6) is 1.02. The number of benzene rings is 1. The molecule has 2 rings (SSSR count). The number of halogens is 2. The minimum Gasteiger partial charge on any atom is -0.253 e. The standard InChI is InChI=1S/C14H15Cl2NS/c1-11-3-2-4-12(5-11)14(8-15,9-16)6-13-7-17-10-18-13/h2-5,7,10H,6,8-9H2,1H3. The van der Waals surface area contributed by atoms with E-state index in [-0.39, 0.29) is 5.41 Å². The zero-order valence-electron chi connectivity index (χ0n) is 10.2. The molecule has 0 bridgehead atoms. The Kier molecular flexibility index (Phi) is 4.66. The molecule has 0 fully saturated rings. The van der Waals surface area contributed by atoms with Gasteiger partial charge in [-0.25, -0.2) is 0 Å². The van der Waals surface area contributed by atoms with Crippen LogP contribution in [0.1, 0.15) is 16.0 Å². The molecule has 0 atom stereocenters. The quantitative estimate of drug-likeness (QED) is 0.745. The molecule has 0 aliphatic rings. The van der Waals surface area contributed by atoms with E-state index in [1.807, 2.05) is 11.7 Å². The van der Waals surface area contributed by atoms with Crippen LogP contribution in [0.25, 0.3) is 0 Å². The van der Waals surface area contributed by atoms with Crippen LogP contribution in [0, 0.1) is 6.92 Å². The molecule has 4 heteroatoms. The van der Waals surface area contributed by atoms with E-state index in [4.69, 9.17) is 23.2 Å². The molecule has 1 aromatic carbocycles. The van der Waals surface area contributed by atoms with E-state index < -0.39 is 0 Å². The fraction of sp³-hybridized carbons (Fsp3) is 0.357. The van der Waals surface area contributed by atoms with Crippen molar-refractivity contribution in [3.05, 3.63) is 52.0 Å². The smallest absolute Gasteiger partial charge is 0.0794 e.